The number of nitrogens with one attached hydrogen (secondary N) is 3. The average molecular weight is 783 g/mol. The molecule has 18 heteroatoms. The SMILES string of the molecule is COc1nc(-c2cccc(-c3cccc(Nc4nc(C(F)(F)F)nc5c4c(=O)n(C)c(=O)n5C)c3Cl)c2Cl)cc2c1[C@@H](N1CC[C@]3(CNC(=O)N3)C1)CC2. The van der Waals surface area contributed by atoms with Crippen molar-refractivity contribution in [3.8, 4) is 28.3 Å². The molecule has 2 aliphatic heterocycles. The summed E-state index contributed by atoms with van der Waals surface area (Å²) in [5, 5.41) is 8.85. The smallest absolute Gasteiger partial charge is 0.451 e. The molecule has 8 rings (SSSR count). The summed E-state index contributed by atoms with van der Waals surface area (Å²) in [6.45, 7) is 2.13. The van der Waals surface area contributed by atoms with Gasteiger partial charge in [0.25, 0.3) is 5.56 Å². The van der Waals surface area contributed by atoms with E-state index in [4.69, 9.17) is 32.9 Å². The van der Waals surface area contributed by atoms with Crippen LogP contribution in [-0.2, 0) is 26.7 Å². The van der Waals surface area contributed by atoms with E-state index in [0.717, 1.165) is 52.6 Å². The second-order valence-corrected chi connectivity index (χ2v) is 14.5. The number of pyridine rings is 1. The molecule has 2 aromatic carbocycles. The fraction of sp³-hybridized carbons (Fsp3) is 0.333. The summed E-state index contributed by atoms with van der Waals surface area (Å²) in [4.78, 5) is 52.1. The average Bonchev–Trinajstić information content (AvgIpc) is 3.87. The number of alkyl halides is 3. The number of amides is 2. The first-order valence-electron chi connectivity index (χ1n) is 17.0. The highest BCUT2D eigenvalue weighted by Crippen LogP contribution is 2.47. The summed E-state index contributed by atoms with van der Waals surface area (Å²) in [5.41, 5.74) is 1.85. The lowest BCUT2D eigenvalue weighted by Gasteiger charge is -2.28. The molecule has 3 aliphatic rings. The number of likely N-dealkylation sites (tertiary alicyclic amines) is 1. The van der Waals surface area contributed by atoms with Crippen molar-refractivity contribution >= 4 is 51.8 Å². The number of nitrogens with zero attached hydrogens (tertiary/aromatic N) is 6. The van der Waals surface area contributed by atoms with Crippen LogP contribution in [0.1, 0.15) is 35.8 Å². The first kappa shape index (κ1) is 35.8. The lowest BCUT2D eigenvalue weighted by Crippen LogP contribution is -2.46. The molecule has 13 nitrogen and oxygen atoms in total. The fourth-order valence-corrected chi connectivity index (χ4v) is 8.41. The zero-order valence-corrected chi connectivity index (χ0v) is 30.6. The summed E-state index contributed by atoms with van der Waals surface area (Å²) in [6.07, 6.45) is -2.48. The van der Waals surface area contributed by atoms with Gasteiger partial charge in [-0.1, -0.05) is 53.5 Å². The number of fused-ring (bicyclic) bond motifs is 2. The molecule has 54 heavy (non-hydrogen) atoms. The van der Waals surface area contributed by atoms with Crippen molar-refractivity contribution in [2.24, 2.45) is 14.1 Å². The molecule has 5 heterocycles. The molecule has 0 saturated carbocycles. The van der Waals surface area contributed by atoms with E-state index in [2.05, 4.69) is 30.8 Å². The highest BCUT2D eigenvalue weighted by Gasteiger charge is 2.47. The van der Waals surface area contributed by atoms with Gasteiger partial charge in [0.2, 0.25) is 11.7 Å². The van der Waals surface area contributed by atoms with Gasteiger partial charge in [-0.15, -0.1) is 0 Å². The number of anilines is 2. The minimum atomic E-state index is -4.99. The summed E-state index contributed by atoms with van der Waals surface area (Å²) < 4.78 is 49.2. The van der Waals surface area contributed by atoms with Gasteiger partial charge in [-0.05, 0) is 37.0 Å². The van der Waals surface area contributed by atoms with E-state index in [-0.39, 0.29) is 33.7 Å². The van der Waals surface area contributed by atoms with Gasteiger partial charge in [0.05, 0.1) is 34.1 Å². The Balaban J connectivity index is 1.15. The highest BCUT2D eigenvalue weighted by atomic mass is 35.5. The Bertz CT molecular complexity index is 2530. The van der Waals surface area contributed by atoms with Crippen molar-refractivity contribution < 1.29 is 22.7 Å². The molecule has 2 fully saturated rings. The quantitative estimate of drug-likeness (QED) is 0.201. The van der Waals surface area contributed by atoms with Gasteiger partial charge in [0.15, 0.2) is 5.65 Å². The molecule has 2 atom stereocenters. The first-order valence-corrected chi connectivity index (χ1v) is 17.7. The van der Waals surface area contributed by atoms with Crippen molar-refractivity contribution in [2.45, 2.75) is 37.0 Å². The molecule has 3 N–H and O–H groups in total. The number of halogens is 5. The van der Waals surface area contributed by atoms with E-state index in [9.17, 15) is 27.6 Å². The van der Waals surface area contributed by atoms with Crippen LogP contribution in [0.5, 0.6) is 5.88 Å². The third kappa shape index (κ3) is 5.83. The van der Waals surface area contributed by atoms with Crippen LogP contribution in [0.15, 0.2) is 52.1 Å². The number of methoxy groups -OCH3 is 1. The number of hydrogen-bond donors (Lipinski definition) is 3. The number of aromatic nitrogens is 5. The standard InChI is InChI=1S/C36H32Cl2F3N9O4/c1-48-29-25(31(51)49(2)34(48)53)28(45-32(46-29)36(39,40)41)43-21-9-5-7-19(27(21)38)18-6-4-8-20(26(18)37)22-14-17-10-11-23(24(17)30(44-22)54-3)50-13-12-35(16-50)15-42-33(52)47-35/h4-9,14,23H,10-13,15-16H2,1-3H3,(H2,42,47,52)(H,43,45,46)/t23-,35-/m0/s1. The number of hydrogen-bond acceptors (Lipinski definition) is 9. The molecule has 0 unspecified atom stereocenters. The molecule has 5 aromatic rings. The predicted octanol–water partition coefficient (Wildman–Crippen LogP) is 5.58. The molecular weight excluding hydrogens is 750 g/mol. The number of ether oxygens (including phenoxy) is 1. The zero-order chi connectivity index (χ0) is 38.3. The van der Waals surface area contributed by atoms with E-state index < -0.39 is 34.7 Å². The Labute approximate surface area is 315 Å². The minimum Gasteiger partial charge on any atom is -0.481 e. The normalized spacial score (nSPS) is 19.7. The van der Waals surface area contributed by atoms with E-state index in [1.807, 2.05) is 12.1 Å². The molecule has 280 valence electrons. The van der Waals surface area contributed by atoms with Crippen molar-refractivity contribution in [3.63, 3.8) is 0 Å². The highest BCUT2D eigenvalue weighted by molar-refractivity contribution is 6.39. The van der Waals surface area contributed by atoms with Gasteiger partial charge >= 0.3 is 17.9 Å². The van der Waals surface area contributed by atoms with Crippen LogP contribution in [0.2, 0.25) is 10.0 Å². The monoisotopic (exact) mass is 781 g/mol. The maximum absolute atomic E-state index is 13.9. The number of carbonyl (C=O) groups excluding carboxylic acids is 1. The van der Waals surface area contributed by atoms with Crippen LogP contribution < -0.4 is 31.9 Å². The molecule has 2 amide bonds. The molecule has 3 aromatic heterocycles. The van der Waals surface area contributed by atoms with Crippen LogP contribution in [0.4, 0.5) is 29.5 Å². The summed E-state index contributed by atoms with van der Waals surface area (Å²) in [7, 11) is 4.00. The maximum Gasteiger partial charge on any atom is 0.451 e. The molecule has 1 spiro atoms. The Morgan fingerprint density at radius 2 is 1.70 bits per heavy atom. The lowest BCUT2D eigenvalue weighted by molar-refractivity contribution is -0.144. The molecule has 2 saturated heterocycles. The van der Waals surface area contributed by atoms with Crippen molar-refractivity contribution in [2.75, 3.05) is 32.1 Å². The van der Waals surface area contributed by atoms with Crippen molar-refractivity contribution in [1.29, 1.82) is 0 Å². The zero-order valence-electron chi connectivity index (χ0n) is 29.1. The molecular formula is C36H32Cl2F3N9O4. The largest absolute Gasteiger partial charge is 0.481 e. The molecule has 0 radical (unpaired) electrons. The Hall–Kier alpha value is -5.19. The Morgan fingerprint density at radius 1 is 0.981 bits per heavy atom. The number of aryl methyl sites for hydroxylation is 2. The van der Waals surface area contributed by atoms with Gasteiger partial charge in [-0.3, -0.25) is 18.8 Å². The van der Waals surface area contributed by atoms with E-state index in [0.29, 0.717) is 39.8 Å². The summed E-state index contributed by atoms with van der Waals surface area (Å²) in [6, 6.07) is 12.2. The van der Waals surface area contributed by atoms with E-state index in [1.165, 1.54) is 20.2 Å². The van der Waals surface area contributed by atoms with Gasteiger partial charge in [0, 0.05) is 62.0 Å². The van der Waals surface area contributed by atoms with Gasteiger partial charge in [0.1, 0.15) is 11.2 Å². The van der Waals surface area contributed by atoms with Gasteiger partial charge < -0.3 is 20.7 Å². The van der Waals surface area contributed by atoms with Gasteiger partial charge in [-0.25, -0.2) is 24.5 Å². The minimum absolute atomic E-state index is 0.0773. The molecule has 0 bridgehead atoms. The van der Waals surface area contributed by atoms with Crippen LogP contribution in [-0.4, -0.2) is 67.3 Å². The second-order valence-electron chi connectivity index (χ2n) is 13.7. The maximum atomic E-state index is 13.9. The third-order valence-electron chi connectivity index (χ3n) is 10.5. The predicted molar refractivity (Wildman–Crippen MR) is 197 cm³/mol. The van der Waals surface area contributed by atoms with Crippen molar-refractivity contribution in [3.05, 3.63) is 90.3 Å². The Morgan fingerprint density at radius 3 is 2.41 bits per heavy atom. The van der Waals surface area contributed by atoms with Crippen LogP contribution >= 0.6 is 23.2 Å². The number of carbonyl (C=O) groups is 1. The topological polar surface area (TPSA) is 148 Å². The molecule has 1 aliphatic carbocycles. The fourth-order valence-electron chi connectivity index (χ4n) is 7.81. The second kappa shape index (κ2) is 13.0. The number of benzene rings is 2. The Kier molecular flexibility index (Phi) is 8.62. The lowest BCUT2D eigenvalue weighted by atomic mass is 9.99. The number of urea groups is 1. The summed E-state index contributed by atoms with van der Waals surface area (Å²) in [5.74, 6) is -1.54. The first-order chi connectivity index (χ1) is 25.7. The summed E-state index contributed by atoms with van der Waals surface area (Å²) >= 11 is 14.0. The number of rotatable bonds is 6. The van der Waals surface area contributed by atoms with Gasteiger partial charge in [-0.2, -0.15) is 13.2 Å². The van der Waals surface area contributed by atoms with Crippen LogP contribution in [0.3, 0.4) is 0 Å². The third-order valence-corrected chi connectivity index (χ3v) is 11.3. The van der Waals surface area contributed by atoms with E-state index in [1.54, 1.807) is 31.4 Å². The van der Waals surface area contributed by atoms with E-state index >= 15 is 0 Å². The van der Waals surface area contributed by atoms with Crippen LogP contribution in [0, 0.1) is 0 Å². The van der Waals surface area contributed by atoms with Crippen LogP contribution in [0.25, 0.3) is 33.4 Å². The van der Waals surface area contributed by atoms with Crippen molar-refractivity contribution in [1.82, 2.24) is 39.6 Å².